The molecule has 2 heterocycles. The summed E-state index contributed by atoms with van der Waals surface area (Å²) in [5.41, 5.74) is 5.72. The summed E-state index contributed by atoms with van der Waals surface area (Å²) in [5.74, 6) is 0. The fourth-order valence-electron chi connectivity index (χ4n) is 3.19. The third-order valence-corrected chi connectivity index (χ3v) is 5.41. The van der Waals surface area contributed by atoms with Crippen molar-refractivity contribution < 1.29 is 0 Å². The molecule has 1 atom stereocenters. The Balaban J connectivity index is 1.67. The Morgan fingerprint density at radius 2 is 2.10 bits per heavy atom. The van der Waals surface area contributed by atoms with Gasteiger partial charge >= 0.3 is 0 Å². The van der Waals surface area contributed by atoms with E-state index in [1.165, 1.54) is 38.6 Å². The predicted molar refractivity (Wildman–Crippen MR) is 92.5 cm³/mol. The zero-order valence-corrected chi connectivity index (χ0v) is 14.2. The second-order valence-corrected chi connectivity index (χ2v) is 7.57. The molecule has 3 heteroatoms. The number of likely N-dealkylation sites (N-methyl/N-ethyl adjacent to an activating group) is 1. The highest BCUT2D eigenvalue weighted by Crippen LogP contribution is 2.28. The Hall–Kier alpha value is -1.32. The number of anilines is 1. The van der Waals surface area contributed by atoms with Gasteiger partial charge < -0.3 is 10.2 Å². The van der Waals surface area contributed by atoms with Crippen molar-refractivity contribution in [2.24, 2.45) is 0 Å². The quantitative estimate of drug-likeness (QED) is 0.910. The Morgan fingerprint density at radius 3 is 2.81 bits per heavy atom. The van der Waals surface area contributed by atoms with Crippen LogP contribution in [0.25, 0.3) is 0 Å². The molecule has 0 amide bonds. The van der Waals surface area contributed by atoms with E-state index in [4.69, 9.17) is 0 Å². The Labute approximate surface area is 131 Å². The van der Waals surface area contributed by atoms with E-state index in [0.717, 1.165) is 13.1 Å². The highest BCUT2D eigenvalue weighted by molar-refractivity contribution is 7.12. The Bertz CT molecular complexity index is 645. The number of hydrogen-bond donors (Lipinski definition) is 1. The lowest BCUT2D eigenvalue weighted by Gasteiger charge is -2.15. The molecular formula is C18H24N2S. The number of benzene rings is 1. The topological polar surface area (TPSA) is 15.3 Å². The molecule has 0 saturated heterocycles. The average molecular weight is 300 g/mol. The lowest BCUT2D eigenvalue weighted by Crippen LogP contribution is -2.18. The molecule has 3 rings (SSSR count). The summed E-state index contributed by atoms with van der Waals surface area (Å²) in [7, 11) is 2.17. The van der Waals surface area contributed by atoms with Crippen molar-refractivity contribution in [3.63, 3.8) is 0 Å². The summed E-state index contributed by atoms with van der Waals surface area (Å²) < 4.78 is 0. The molecule has 0 radical (unpaired) electrons. The van der Waals surface area contributed by atoms with Crippen LogP contribution in [0.3, 0.4) is 0 Å². The molecule has 1 N–H and O–H groups in total. The van der Waals surface area contributed by atoms with Crippen LogP contribution in [0.5, 0.6) is 0 Å². The van der Waals surface area contributed by atoms with Crippen LogP contribution in [0.1, 0.15) is 39.4 Å². The lowest BCUT2D eigenvalue weighted by atomic mass is 10.1. The molecule has 21 heavy (non-hydrogen) atoms. The van der Waals surface area contributed by atoms with Gasteiger partial charge in [-0.05, 0) is 56.0 Å². The Morgan fingerprint density at radius 1 is 1.29 bits per heavy atom. The number of nitrogens with one attached hydrogen (secondary N) is 1. The van der Waals surface area contributed by atoms with E-state index in [2.05, 4.69) is 62.3 Å². The van der Waals surface area contributed by atoms with E-state index >= 15 is 0 Å². The van der Waals surface area contributed by atoms with Crippen molar-refractivity contribution in [3.05, 3.63) is 50.7 Å². The van der Waals surface area contributed by atoms with Gasteiger partial charge in [-0.15, -0.1) is 11.3 Å². The SMILES string of the molecule is Cc1cc(C(C)NCc2ccc3c(c2)CCN3C)c(C)s1. The molecule has 2 nitrogen and oxygen atoms in total. The van der Waals surface area contributed by atoms with Crippen LogP contribution in [0.15, 0.2) is 24.3 Å². The van der Waals surface area contributed by atoms with E-state index in [1.807, 2.05) is 11.3 Å². The van der Waals surface area contributed by atoms with Gasteiger partial charge in [0.05, 0.1) is 0 Å². The molecule has 1 aromatic carbocycles. The highest BCUT2D eigenvalue weighted by Gasteiger charge is 2.16. The normalized spacial score (nSPS) is 15.3. The zero-order valence-electron chi connectivity index (χ0n) is 13.4. The fraction of sp³-hybridized carbons (Fsp3) is 0.444. The van der Waals surface area contributed by atoms with Gasteiger partial charge in [0.15, 0.2) is 0 Å². The minimum Gasteiger partial charge on any atom is -0.374 e. The summed E-state index contributed by atoms with van der Waals surface area (Å²) >= 11 is 1.89. The molecule has 112 valence electrons. The maximum Gasteiger partial charge on any atom is 0.0397 e. The molecule has 0 fully saturated rings. The minimum absolute atomic E-state index is 0.408. The fourth-order valence-corrected chi connectivity index (χ4v) is 4.21. The first-order chi connectivity index (χ1) is 10.0. The van der Waals surface area contributed by atoms with Crippen molar-refractivity contribution in [2.75, 3.05) is 18.5 Å². The number of fused-ring (bicyclic) bond motifs is 1. The minimum atomic E-state index is 0.408. The van der Waals surface area contributed by atoms with Crippen molar-refractivity contribution in [3.8, 4) is 0 Å². The molecule has 0 spiro atoms. The first-order valence-corrected chi connectivity index (χ1v) is 8.49. The zero-order chi connectivity index (χ0) is 15.0. The van der Waals surface area contributed by atoms with Gasteiger partial charge in [0.1, 0.15) is 0 Å². The smallest absolute Gasteiger partial charge is 0.0397 e. The number of hydrogen-bond acceptors (Lipinski definition) is 3. The van der Waals surface area contributed by atoms with Crippen LogP contribution < -0.4 is 10.2 Å². The van der Waals surface area contributed by atoms with Gasteiger partial charge in [0.2, 0.25) is 0 Å². The van der Waals surface area contributed by atoms with Gasteiger partial charge in [-0.1, -0.05) is 12.1 Å². The average Bonchev–Trinajstić information content (AvgIpc) is 2.99. The second kappa shape index (κ2) is 5.82. The summed E-state index contributed by atoms with van der Waals surface area (Å²) in [6.07, 6.45) is 1.18. The number of nitrogens with zero attached hydrogens (tertiary/aromatic N) is 1. The summed E-state index contributed by atoms with van der Waals surface area (Å²) in [6.45, 7) is 8.75. The van der Waals surface area contributed by atoms with Crippen LogP contribution >= 0.6 is 11.3 Å². The van der Waals surface area contributed by atoms with E-state index in [9.17, 15) is 0 Å². The highest BCUT2D eigenvalue weighted by atomic mass is 32.1. The first kappa shape index (κ1) is 14.6. The van der Waals surface area contributed by atoms with E-state index in [-0.39, 0.29) is 0 Å². The number of aryl methyl sites for hydroxylation is 2. The summed E-state index contributed by atoms with van der Waals surface area (Å²) in [4.78, 5) is 5.17. The molecule has 0 saturated carbocycles. The monoisotopic (exact) mass is 300 g/mol. The van der Waals surface area contributed by atoms with Crippen molar-refractivity contribution in [2.45, 2.75) is 39.8 Å². The van der Waals surface area contributed by atoms with Gasteiger partial charge in [0.25, 0.3) is 0 Å². The molecule has 1 unspecified atom stereocenters. The van der Waals surface area contributed by atoms with Crippen molar-refractivity contribution in [1.82, 2.24) is 5.32 Å². The van der Waals surface area contributed by atoms with Crippen LogP contribution in [0.4, 0.5) is 5.69 Å². The second-order valence-electron chi connectivity index (χ2n) is 6.11. The standard InChI is InChI=1S/C18H24N2S/c1-12-9-17(14(3)21-12)13(2)19-11-15-5-6-18-16(10-15)7-8-20(18)4/h5-6,9-10,13,19H,7-8,11H2,1-4H3. The molecule has 0 bridgehead atoms. The maximum atomic E-state index is 3.66. The maximum absolute atomic E-state index is 3.66. The van der Waals surface area contributed by atoms with Crippen LogP contribution in [-0.4, -0.2) is 13.6 Å². The molecular weight excluding hydrogens is 276 g/mol. The summed E-state index contributed by atoms with van der Waals surface area (Å²) in [5, 5.41) is 3.66. The van der Waals surface area contributed by atoms with Crippen LogP contribution in [-0.2, 0) is 13.0 Å². The molecule has 1 aliphatic heterocycles. The van der Waals surface area contributed by atoms with Gasteiger partial charge in [0, 0.05) is 41.6 Å². The van der Waals surface area contributed by atoms with Crippen LogP contribution in [0, 0.1) is 13.8 Å². The Kier molecular flexibility index (Phi) is 4.05. The van der Waals surface area contributed by atoms with Gasteiger partial charge in [-0.3, -0.25) is 0 Å². The molecule has 2 aromatic rings. The van der Waals surface area contributed by atoms with Crippen molar-refractivity contribution >= 4 is 17.0 Å². The third-order valence-electron chi connectivity index (χ3n) is 4.43. The van der Waals surface area contributed by atoms with Gasteiger partial charge in [-0.2, -0.15) is 0 Å². The molecule has 1 aliphatic rings. The number of thiophene rings is 1. The largest absolute Gasteiger partial charge is 0.374 e. The first-order valence-electron chi connectivity index (χ1n) is 7.68. The van der Waals surface area contributed by atoms with E-state index in [0.29, 0.717) is 6.04 Å². The molecule has 1 aromatic heterocycles. The lowest BCUT2D eigenvalue weighted by molar-refractivity contribution is 0.574. The third kappa shape index (κ3) is 2.99. The van der Waals surface area contributed by atoms with Crippen LogP contribution in [0.2, 0.25) is 0 Å². The summed E-state index contributed by atoms with van der Waals surface area (Å²) in [6, 6.07) is 9.61. The van der Waals surface area contributed by atoms with Crippen molar-refractivity contribution in [1.29, 1.82) is 0 Å². The molecule has 0 aliphatic carbocycles. The van der Waals surface area contributed by atoms with E-state index < -0.39 is 0 Å². The predicted octanol–water partition coefficient (Wildman–Crippen LogP) is 4.21. The number of rotatable bonds is 4. The van der Waals surface area contributed by atoms with E-state index in [1.54, 1.807) is 0 Å². The van der Waals surface area contributed by atoms with Gasteiger partial charge in [-0.25, -0.2) is 0 Å².